The van der Waals surface area contributed by atoms with Crippen LogP contribution in [0.5, 0.6) is 0 Å². The number of pyridine rings is 5. The maximum Gasteiger partial charge on any atom is 0.145 e. The highest BCUT2D eigenvalue weighted by molar-refractivity contribution is 6.25. The Kier molecular flexibility index (Phi) is 18.7. The first-order valence-corrected chi connectivity index (χ1v) is 46.8. The first kappa shape index (κ1) is 79.1. The van der Waals surface area contributed by atoms with Crippen LogP contribution in [-0.2, 0) is 0 Å². The van der Waals surface area contributed by atoms with Crippen LogP contribution in [-0.4, -0.2) is 52.3 Å². The van der Waals surface area contributed by atoms with Crippen LogP contribution >= 0.6 is 0 Å². The summed E-state index contributed by atoms with van der Waals surface area (Å²) in [4.78, 5) is 23.9. The summed E-state index contributed by atoms with van der Waals surface area (Å²) in [7, 11) is 0. The van der Waals surface area contributed by atoms with E-state index < -0.39 is 0 Å². The molecule has 0 saturated heterocycles. The summed E-state index contributed by atoms with van der Waals surface area (Å²) in [6.45, 7) is 0. The standard InChI is InChI=1S/C51H33N3.2C38H24N4/c1-3-13-34(14-4-1)36-17-11-19-40(29-36)53-47-24-10-8-21-42(47)44-31-38(25-27-48(44)53)39-26-28-49-45(32-39)51-43-22-7-9-23-46(43)52-33-50(51)54(49)41-20-12-18-37(30-41)35-15-5-2-6-16-35;1-3-10-27(11-4-1)41-35-20-18-26(23-32(35)37-30-14-7-8-16-33(30)40-24-36(37)41)25-17-19-34-31(22-25)29-15-9-21-39-38(29)42(34)28-12-5-2-6-13-28;1-3-9-27(10-4-1)41-34-17-15-25(21-31(34)29-19-20-39-23-36(29)41)26-16-18-35-32(22-26)38-30-13-7-8-14-33(30)40-24-37(38)42(35)28-11-5-2-6-12-28/h1-33H;2*1-24H. The van der Waals surface area contributed by atoms with E-state index in [-0.39, 0.29) is 0 Å². The van der Waals surface area contributed by atoms with Gasteiger partial charge in [-0.3, -0.25) is 24.5 Å². The molecule has 0 spiro atoms. The Morgan fingerprint density at radius 2 is 0.413 bits per heavy atom. The van der Waals surface area contributed by atoms with E-state index >= 15 is 0 Å². The third kappa shape index (κ3) is 13.1. The SMILES string of the molecule is c1ccc(-c2cccc(-n3c4ccccc4c4cc(-c5ccc6c(c5)c5c7ccccc7ncc5n6-c5cccc(-c6ccccc6)c5)ccc43)c2)cc1.c1ccc(-n2c3ccc(-c4ccc5c(c4)c4c6ccccc6ncc4n5-c4ccccc4)cc3c3ccncc32)cc1.c1ccc(-n2c3ccc(-c4ccc5c(c4)c4cccnc4n5-c4ccccc4)cc3c3c4ccccc4ncc32)cc1. The van der Waals surface area contributed by atoms with Gasteiger partial charge in [0.2, 0.25) is 0 Å². The van der Waals surface area contributed by atoms with E-state index in [2.05, 4.69) is 475 Å². The number of aromatic nitrogens is 11. The molecule has 644 valence electrons. The number of hydrogen-bond acceptors (Lipinski definition) is 5. The molecule has 0 unspecified atom stereocenters. The topological polar surface area (TPSA) is 94.0 Å². The van der Waals surface area contributed by atoms with E-state index in [0.29, 0.717) is 0 Å². The first-order chi connectivity index (χ1) is 68.5. The van der Waals surface area contributed by atoms with Gasteiger partial charge in [0.05, 0.1) is 102 Å². The highest BCUT2D eigenvalue weighted by atomic mass is 15.1. The summed E-state index contributed by atoms with van der Waals surface area (Å²) in [6, 6.07) is 163. The van der Waals surface area contributed by atoms with Crippen molar-refractivity contribution in [3.8, 4) is 89.8 Å². The van der Waals surface area contributed by atoms with Crippen molar-refractivity contribution in [3.63, 3.8) is 0 Å². The molecule has 0 aliphatic carbocycles. The molecule has 11 nitrogen and oxygen atoms in total. The predicted molar refractivity (Wildman–Crippen MR) is 574 cm³/mol. The minimum Gasteiger partial charge on any atom is -0.309 e. The molecule has 0 N–H and O–H groups in total. The van der Waals surface area contributed by atoms with Gasteiger partial charge in [-0.1, -0.05) is 267 Å². The molecule has 0 aliphatic rings. The second-order valence-corrected chi connectivity index (χ2v) is 35.5. The zero-order valence-corrected chi connectivity index (χ0v) is 74.7. The highest BCUT2D eigenvalue weighted by Gasteiger charge is 2.25. The lowest BCUT2D eigenvalue weighted by atomic mass is 10.00. The van der Waals surface area contributed by atoms with E-state index in [9.17, 15) is 0 Å². The monoisotopic (exact) mass is 1760 g/mol. The largest absolute Gasteiger partial charge is 0.309 e. The molecule has 0 amide bonds. The second kappa shape index (κ2) is 32.6. The molecular weight excluding hydrogens is 1680 g/mol. The van der Waals surface area contributed by atoms with Gasteiger partial charge in [0.1, 0.15) is 5.65 Å². The van der Waals surface area contributed by atoms with Crippen molar-refractivity contribution in [1.29, 1.82) is 0 Å². The fourth-order valence-corrected chi connectivity index (χ4v) is 21.6. The average Bonchev–Trinajstić information content (AvgIpc) is 1.46. The van der Waals surface area contributed by atoms with Gasteiger partial charge in [-0.25, -0.2) is 4.98 Å². The lowest BCUT2D eigenvalue weighted by molar-refractivity contribution is 1.14. The smallest absolute Gasteiger partial charge is 0.145 e. The zero-order valence-electron chi connectivity index (χ0n) is 74.7. The molecule has 0 radical (unpaired) electrons. The molecule has 0 saturated carbocycles. The number of benzene rings is 18. The van der Waals surface area contributed by atoms with Gasteiger partial charge < -0.3 is 22.8 Å². The van der Waals surface area contributed by atoms with E-state index in [1.807, 2.05) is 49.3 Å². The molecule has 0 bridgehead atoms. The molecule has 138 heavy (non-hydrogen) atoms. The lowest BCUT2D eigenvalue weighted by Crippen LogP contribution is -1.95. The van der Waals surface area contributed by atoms with Crippen molar-refractivity contribution >= 4 is 164 Å². The van der Waals surface area contributed by atoms with Crippen molar-refractivity contribution in [3.05, 3.63) is 492 Å². The number of nitrogens with zero attached hydrogens (tertiary/aromatic N) is 11. The molecular formula is C127H81N11. The van der Waals surface area contributed by atoms with Crippen molar-refractivity contribution < 1.29 is 0 Å². The fourth-order valence-electron chi connectivity index (χ4n) is 21.6. The van der Waals surface area contributed by atoms with Gasteiger partial charge in [0.15, 0.2) is 0 Å². The van der Waals surface area contributed by atoms with Gasteiger partial charge in [-0.2, -0.15) is 0 Å². The van der Waals surface area contributed by atoms with Crippen LogP contribution in [0.25, 0.3) is 253 Å². The van der Waals surface area contributed by atoms with Gasteiger partial charge >= 0.3 is 0 Å². The number of fused-ring (bicyclic) bond motifs is 24. The van der Waals surface area contributed by atoms with Crippen molar-refractivity contribution in [2.45, 2.75) is 0 Å². The van der Waals surface area contributed by atoms with Crippen LogP contribution < -0.4 is 0 Å². The van der Waals surface area contributed by atoms with E-state index in [1.165, 1.54) is 153 Å². The average molecular weight is 1760 g/mol. The van der Waals surface area contributed by atoms with Crippen LogP contribution in [0, 0.1) is 0 Å². The summed E-state index contributed by atoms with van der Waals surface area (Å²) >= 11 is 0. The molecule has 29 aromatic rings. The summed E-state index contributed by atoms with van der Waals surface area (Å²) in [5.41, 5.74) is 35.3. The Labute approximate surface area is 792 Å². The van der Waals surface area contributed by atoms with Crippen LogP contribution in [0.2, 0.25) is 0 Å². The number of para-hydroxylation sites is 8. The molecule has 18 aromatic carbocycles. The first-order valence-electron chi connectivity index (χ1n) is 46.8. The lowest BCUT2D eigenvalue weighted by Gasteiger charge is -2.11. The molecule has 0 fully saturated rings. The van der Waals surface area contributed by atoms with Gasteiger partial charge in [-0.05, 0) is 244 Å². The third-order valence-corrected chi connectivity index (χ3v) is 27.8. The van der Waals surface area contributed by atoms with Gasteiger partial charge in [-0.15, -0.1) is 0 Å². The number of hydrogen-bond donors (Lipinski definition) is 0. The third-order valence-electron chi connectivity index (χ3n) is 27.8. The Morgan fingerprint density at radius 3 is 0.826 bits per heavy atom. The molecule has 11 aromatic heterocycles. The minimum atomic E-state index is 0.969. The quantitative estimate of drug-likeness (QED) is 0.129. The Balaban J connectivity index is 0.000000106. The molecule has 0 atom stereocenters. The van der Waals surface area contributed by atoms with Gasteiger partial charge in [0, 0.05) is 127 Å². The zero-order chi connectivity index (χ0) is 90.8. The summed E-state index contributed by atoms with van der Waals surface area (Å²) in [5.74, 6) is 0. The van der Waals surface area contributed by atoms with Crippen LogP contribution in [0.15, 0.2) is 492 Å². The number of rotatable bonds is 11. The maximum atomic E-state index is 4.94. The van der Waals surface area contributed by atoms with Crippen LogP contribution in [0.1, 0.15) is 0 Å². The maximum absolute atomic E-state index is 4.94. The second-order valence-electron chi connectivity index (χ2n) is 35.5. The highest BCUT2D eigenvalue weighted by Crippen LogP contribution is 2.47. The Morgan fingerprint density at radius 1 is 0.138 bits per heavy atom. The van der Waals surface area contributed by atoms with Gasteiger partial charge in [0.25, 0.3) is 0 Å². The normalized spacial score (nSPS) is 11.8. The van der Waals surface area contributed by atoms with E-state index in [4.69, 9.17) is 19.9 Å². The Hall–Kier alpha value is -18.7. The van der Waals surface area contributed by atoms with Crippen LogP contribution in [0.3, 0.4) is 0 Å². The summed E-state index contributed by atoms with van der Waals surface area (Å²) < 4.78 is 14.0. The molecule has 29 rings (SSSR count). The van der Waals surface area contributed by atoms with Crippen molar-refractivity contribution in [2.75, 3.05) is 0 Å². The molecule has 11 heterocycles. The van der Waals surface area contributed by atoms with Crippen LogP contribution in [0.4, 0.5) is 0 Å². The minimum absolute atomic E-state index is 0.969. The van der Waals surface area contributed by atoms with Crippen molar-refractivity contribution in [1.82, 2.24) is 52.3 Å². The molecule has 0 aliphatic heterocycles. The molecule has 11 heteroatoms. The van der Waals surface area contributed by atoms with E-state index in [0.717, 1.165) is 100 Å². The predicted octanol–water partition coefficient (Wildman–Crippen LogP) is 32.4. The fraction of sp³-hybridized carbons (Fsp3) is 0. The summed E-state index contributed by atoms with van der Waals surface area (Å²) in [5, 5.41) is 18.1. The summed E-state index contributed by atoms with van der Waals surface area (Å²) in [6.07, 6.45) is 11.8. The Bertz CT molecular complexity index is 9550. The van der Waals surface area contributed by atoms with E-state index in [1.54, 1.807) is 0 Å². The van der Waals surface area contributed by atoms with Crippen molar-refractivity contribution in [2.24, 2.45) is 0 Å².